The second-order valence-corrected chi connectivity index (χ2v) is 7.37. The smallest absolute Gasteiger partial charge is 0.191 e. The van der Waals surface area contributed by atoms with Crippen molar-refractivity contribution in [2.75, 3.05) is 13.1 Å². The highest BCUT2D eigenvalue weighted by atomic mass is 32.2. The van der Waals surface area contributed by atoms with E-state index < -0.39 is 0 Å². The SMILES string of the molecule is c1ccc(-c2ncn(C3CCNC3)c2-c2ccc(Sc3ncn[nH]3)o2)cc1. The van der Waals surface area contributed by atoms with E-state index >= 15 is 0 Å². The summed E-state index contributed by atoms with van der Waals surface area (Å²) >= 11 is 1.41. The van der Waals surface area contributed by atoms with Crippen LogP contribution in [-0.2, 0) is 0 Å². The van der Waals surface area contributed by atoms with Gasteiger partial charge in [0.1, 0.15) is 12.0 Å². The van der Waals surface area contributed by atoms with Gasteiger partial charge in [-0.2, -0.15) is 5.10 Å². The monoisotopic (exact) mass is 378 g/mol. The lowest BCUT2D eigenvalue weighted by Gasteiger charge is -2.14. The van der Waals surface area contributed by atoms with E-state index in [0.717, 1.165) is 47.3 Å². The molecule has 0 amide bonds. The number of hydrogen-bond acceptors (Lipinski definition) is 6. The van der Waals surface area contributed by atoms with Gasteiger partial charge < -0.3 is 14.3 Å². The van der Waals surface area contributed by atoms with Gasteiger partial charge in [-0.25, -0.2) is 9.97 Å². The van der Waals surface area contributed by atoms with Gasteiger partial charge in [-0.1, -0.05) is 30.3 Å². The van der Waals surface area contributed by atoms with Crippen LogP contribution < -0.4 is 5.32 Å². The number of rotatable bonds is 5. The van der Waals surface area contributed by atoms with Crippen LogP contribution in [0, 0.1) is 0 Å². The molecule has 0 radical (unpaired) electrons. The minimum atomic E-state index is 0.375. The first kappa shape index (κ1) is 16.3. The number of H-pyrrole nitrogens is 1. The Labute approximate surface area is 160 Å². The molecular weight excluding hydrogens is 360 g/mol. The number of nitrogens with zero attached hydrogens (tertiary/aromatic N) is 4. The van der Waals surface area contributed by atoms with Crippen molar-refractivity contribution in [2.24, 2.45) is 0 Å². The van der Waals surface area contributed by atoms with Crippen molar-refractivity contribution in [3.05, 3.63) is 55.1 Å². The van der Waals surface area contributed by atoms with Crippen LogP contribution in [0.5, 0.6) is 0 Å². The maximum Gasteiger partial charge on any atom is 0.191 e. The van der Waals surface area contributed by atoms with Crippen LogP contribution in [0.2, 0.25) is 0 Å². The van der Waals surface area contributed by atoms with Gasteiger partial charge in [0.25, 0.3) is 0 Å². The average molecular weight is 378 g/mol. The summed E-state index contributed by atoms with van der Waals surface area (Å²) in [7, 11) is 0. The van der Waals surface area contributed by atoms with Gasteiger partial charge in [0.15, 0.2) is 16.0 Å². The average Bonchev–Trinajstić information content (AvgIpc) is 3.48. The van der Waals surface area contributed by atoms with Crippen LogP contribution in [0.1, 0.15) is 12.5 Å². The molecule has 5 rings (SSSR count). The highest BCUT2D eigenvalue weighted by Crippen LogP contribution is 2.37. The Balaban J connectivity index is 1.57. The second kappa shape index (κ2) is 7.05. The zero-order valence-corrected chi connectivity index (χ0v) is 15.3. The molecule has 1 aromatic carbocycles. The normalized spacial score (nSPS) is 16.8. The molecule has 1 aliphatic rings. The van der Waals surface area contributed by atoms with Gasteiger partial charge in [0.2, 0.25) is 0 Å². The molecule has 1 atom stereocenters. The van der Waals surface area contributed by atoms with Crippen molar-refractivity contribution in [1.29, 1.82) is 0 Å². The van der Waals surface area contributed by atoms with Crippen LogP contribution in [0.4, 0.5) is 0 Å². The standard InChI is InChI=1S/C19H18N6OS/c1-2-4-13(5-3-1)17-18(25(12-22-17)14-8-9-20-10-14)15-6-7-16(26-15)27-19-21-11-23-24-19/h1-7,11-12,14,20H,8-10H2,(H,21,23,24). The zero-order valence-electron chi connectivity index (χ0n) is 14.5. The fourth-order valence-electron chi connectivity index (χ4n) is 3.41. The van der Waals surface area contributed by atoms with Gasteiger partial charge in [0, 0.05) is 18.2 Å². The molecule has 136 valence electrons. The zero-order chi connectivity index (χ0) is 18.1. The van der Waals surface area contributed by atoms with E-state index in [-0.39, 0.29) is 0 Å². The molecule has 7 nitrogen and oxygen atoms in total. The molecule has 4 heterocycles. The molecule has 1 fully saturated rings. The van der Waals surface area contributed by atoms with Gasteiger partial charge in [-0.3, -0.25) is 5.10 Å². The summed E-state index contributed by atoms with van der Waals surface area (Å²) in [5.41, 5.74) is 3.03. The Hall–Kier alpha value is -2.84. The van der Waals surface area contributed by atoms with Crippen LogP contribution >= 0.6 is 11.8 Å². The van der Waals surface area contributed by atoms with Gasteiger partial charge in [-0.15, -0.1) is 0 Å². The molecule has 1 aliphatic heterocycles. The summed E-state index contributed by atoms with van der Waals surface area (Å²) in [5.74, 6) is 0.806. The van der Waals surface area contributed by atoms with Crippen LogP contribution in [0.25, 0.3) is 22.7 Å². The van der Waals surface area contributed by atoms with Crippen molar-refractivity contribution in [3.63, 3.8) is 0 Å². The number of hydrogen-bond donors (Lipinski definition) is 2. The van der Waals surface area contributed by atoms with Crippen LogP contribution in [-0.4, -0.2) is 37.8 Å². The molecule has 0 spiro atoms. The summed E-state index contributed by atoms with van der Waals surface area (Å²) in [4.78, 5) is 8.87. The molecule has 0 saturated carbocycles. The van der Waals surface area contributed by atoms with E-state index in [1.165, 1.54) is 18.1 Å². The Kier molecular flexibility index (Phi) is 4.27. The lowest BCUT2D eigenvalue weighted by molar-refractivity contribution is 0.475. The van der Waals surface area contributed by atoms with Gasteiger partial charge in [0.05, 0.1) is 12.0 Å². The van der Waals surface area contributed by atoms with Crippen LogP contribution in [0.15, 0.2) is 69.8 Å². The molecule has 27 heavy (non-hydrogen) atoms. The number of aromatic nitrogens is 5. The summed E-state index contributed by atoms with van der Waals surface area (Å²) < 4.78 is 8.40. The Bertz CT molecular complexity index is 1020. The Morgan fingerprint density at radius 2 is 2.04 bits per heavy atom. The molecular formula is C19H18N6OS. The molecule has 3 aromatic heterocycles. The number of nitrogens with one attached hydrogen (secondary N) is 2. The molecule has 8 heteroatoms. The second-order valence-electron chi connectivity index (χ2n) is 6.37. The topological polar surface area (TPSA) is 84.6 Å². The highest BCUT2D eigenvalue weighted by Gasteiger charge is 2.25. The first-order valence-electron chi connectivity index (χ1n) is 8.85. The van der Waals surface area contributed by atoms with E-state index in [9.17, 15) is 0 Å². The van der Waals surface area contributed by atoms with E-state index in [1.54, 1.807) is 0 Å². The molecule has 1 saturated heterocycles. The van der Waals surface area contributed by atoms with Crippen molar-refractivity contribution >= 4 is 11.8 Å². The lowest BCUT2D eigenvalue weighted by Crippen LogP contribution is -2.13. The summed E-state index contributed by atoms with van der Waals surface area (Å²) in [5, 5.41) is 11.6. The predicted octanol–water partition coefficient (Wildman–Crippen LogP) is 3.61. The third-order valence-corrected chi connectivity index (χ3v) is 5.48. The fourth-order valence-corrected chi connectivity index (χ4v) is 4.06. The maximum atomic E-state index is 6.16. The largest absolute Gasteiger partial charge is 0.448 e. The Morgan fingerprint density at radius 1 is 1.11 bits per heavy atom. The molecule has 1 unspecified atom stereocenters. The molecule has 2 N–H and O–H groups in total. The van der Waals surface area contributed by atoms with E-state index in [1.807, 2.05) is 36.7 Å². The molecule has 4 aromatic rings. The minimum absolute atomic E-state index is 0.375. The van der Waals surface area contributed by atoms with Gasteiger partial charge in [-0.05, 0) is 36.9 Å². The van der Waals surface area contributed by atoms with Gasteiger partial charge >= 0.3 is 0 Å². The summed E-state index contributed by atoms with van der Waals surface area (Å²) in [6, 6.07) is 14.6. The fraction of sp³-hybridized carbons (Fsp3) is 0.211. The number of aromatic amines is 1. The Morgan fingerprint density at radius 3 is 2.81 bits per heavy atom. The molecule has 0 bridgehead atoms. The number of furan rings is 1. The van der Waals surface area contributed by atoms with Crippen molar-refractivity contribution in [1.82, 2.24) is 30.0 Å². The lowest BCUT2D eigenvalue weighted by atomic mass is 10.1. The quantitative estimate of drug-likeness (QED) is 0.552. The maximum absolute atomic E-state index is 6.16. The van der Waals surface area contributed by atoms with E-state index in [2.05, 4.69) is 37.2 Å². The van der Waals surface area contributed by atoms with Crippen molar-refractivity contribution in [3.8, 4) is 22.7 Å². The third-order valence-electron chi connectivity index (χ3n) is 4.67. The third kappa shape index (κ3) is 3.17. The predicted molar refractivity (Wildman–Crippen MR) is 102 cm³/mol. The molecule has 0 aliphatic carbocycles. The van der Waals surface area contributed by atoms with E-state index in [0.29, 0.717) is 11.2 Å². The number of benzene rings is 1. The first-order chi connectivity index (χ1) is 13.4. The summed E-state index contributed by atoms with van der Waals surface area (Å²) in [6.07, 6.45) is 4.50. The highest BCUT2D eigenvalue weighted by molar-refractivity contribution is 7.99. The summed E-state index contributed by atoms with van der Waals surface area (Å²) in [6.45, 7) is 1.96. The van der Waals surface area contributed by atoms with Crippen LogP contribution in [0.3, 0.4) is 0 Å². The van der Waals surface area contributed by atoms with Crippen molar-refractivity contribution < 1.29 is 4.42 Å². The number of imidazole rings is 1. The first-order valence-corrected chi connectivity index (χ1v) is 9.66. The van der Waals surface area contributed by atoms with Crippen molar-refractivity contribution in [2.45, 2.75) is 22.7 Å². The minimum Gasteiger partial charge on any atom is -0.448 e. The van der Waals surface area contributed by atoms with E-state index in [4.69, 9.17) is 9.40 Å².